The number of benzene rings is 1. The number of aliphatic imine (C=N–C) groups is 1. The molecule has 0 saturated carbocycles. The summed E-state index contributed by atoms with van der Waals surface area (Å²) in [5, 5.41) is 11.4. The molecule has 2 aromatic rings. The van der Waals surface area contributed by atoms with Gasteiger partial charge in [0.25, 0.3) is 0 Å². The highest BCUT2D eigenvalue weighted by atomic mass is 16.5. The van der Waals surface area contributed by atoms with Crippen molar-refractivity contribution in [3.8, 4) is 0 Å². The summed E-state index contributed by atoms with van der Waals surface area (Å²) in [5.41, 5.74) is 6.01. The van der Waals surface area contributed by atoms with Crippen molar-refractivity contribution >= 4 is 5.96 Å². The highest BCUT2D eigenvalue weighted by molar-refractivity contribution is 5.80. The number of hydrogen-bond acceptors (Lipinski definition) is 3. The SMILES string of the molecule is CCNC(=NCc1ccc(COCC)cc1)NC(C)Cc1c(C)nn(C)c1C. The zero-order valence-corrected chi connectivity index (χ0v) is 18.2. The van der Waals surface area contributed by atoms with Crippen LogP contribution < -0.4 is 10.6 Å². The summed E-state index contributed by atoms with van der Waals surface area (Å²) < 4.78 is 7.40. The molecule has 0 aliphatic carbocycles. The Bertz CT molecular complexity index is 764. The Morgan fingerprint density at radius 3 is 2.43 bits per heavy atom. The first-order valence-electron chi connectivity index (χ1n) is 10.1. The fraction of sp³-hybridized carbons (Fsp3) is 0.545. The molecule has 2 rings (SSSR count). The van der Waals surface area contributed by atoms with E-state index in [4.69, 9.17) is 9.73 Å². The number of nitrogens with one attached hydrogen (secondary N) is 2. The first-order valence-corrected chi connectivity index (χ1v) is 10.1. The van der Waals surface area contributed by atoms with Crippen LogP contribution in [0.2, 0.25) is 0 Å². The van der Waals surface area contributed by atoms with Crippen LogP contribution in [0.25, 0.3) is 0 Å². The van der Waals surface area contributed by atoms with Gasteiger partial charge < -0.3 is 15.4 Å². The normalized spacial score (nSPS) is 12.9. The summed E-state index contributed by atoms with van der Waals surface area (Å²) in [7, 11) is 2.00. The molecule has 0 fully saturated rings. The lowest BCUT2D eigenvalue weighted by Crippen LogP contribution is -2.43. The molecule has 0 bridgehead atoms. The van der Waals surface area contributed by atoms with Gasteiger partial charge in [-0.05, 0) is 57.7 Å². The monoisotopic (exact) mass is 385 g/mol. The topological polar surface area (TPSA) is 63.5 Å². The number of rotatable bonds is 9. The van der Waals surface area contributed by atoms with Gasteiger partial charge in [-0.25, -0.2) is 4.99 Å². The maximum Gasteiger partial charge on any atom is 0.191 e. The number of nitrogens with zero attached hydrogens (tertiary/aromatic N) is 3. The molecular weight excluding hydrogens is 350 g/mol. The van der Waals surface area contributed by atoms with Crippen LogP contribution in [0, 0.1) is 13.8 Å². The quantitative estimate of drug-likeness (QED) is 0.514. The van der Waals surface area contributed by atoms with E-state index in [0.29, 0.717) is 13.2 Å². The molecule has 0 aliphatic heterocycles. The molecule has 6 nitrogen and oxygen atoms in total. The van der Waals surface area contributed by atoms with E-state index < -0.39 is 0 Å². The van der Waals surface area contributed by atoms with Crippen molar-refractivity contribution in [3.05, 3.63) is 52.3 Å². The highest BCUT2D eigenvalue weighted by Crippen LogP contribution is 2.14. The standard InChI is InChI=1S/C22H35N5O/c1-7-23-22(24-14-19-9-11-20(12-10-19)15-28-8-2)25-16(3)13-21-17(4)26-27(6)18(21)5/h9-12,16H,7-8,13-15H2,1-6H3,(H2,23,24,25). The minimum atomic E-state index is 0.257. The second-order valence-corrected chi connectivity index (χ2v) is 7.17. The second kappa shape index (κ2) is 10.9. The van der Waals surface area contributed by atoms with Crippen LogP contribution in [0.5, 0.6) is 0 Å². The van der Waals surface area contributed by atoms with Crippen molar-refractivity contribution in [2.45, 2.75) is 60.2 Å². The van der Waals surface area contributed by atoms with Gasteiger partial charge in [0.05, 0.1) is 18.8 Å². The van der Waals surface area contributed by atoms with E-state index in [1.165, 1.54) is 22.4 Å². The largest absolute Gasteiger partial charge is 0.377 e. The van der Waals surface area contributed by atoms with Crippen molar-refractivity contribution in [1.29, 1.82) is 0 Å². The van der Waals surface area contributed by atoms with Gasteiger partial charge in [0.1, 0.15) is 0 Å². The van der Waals surface area contributed by atoms with Gasteiger partial charge in [-0.15, -0.1) is 0 Å². The van der Waals surface area contributed by atoms with E-state index in [1.807, 2.05) is 18.7 Å². The molecule has 1 atom stereocenters. The smallest absolute Gasteiger partial charge is 0.191 e. The van der Waals surface area contributed by atoms with E-state index >= 15 is 0 Å². The third-order valence-corrected chi connectivity index (χ3v) is 4.81. The number of hydrogen-bond donors (Lipinski definition) is 2. The molecule has 28 heavy (non-hydrogen) atoms. The molecule has 6 heteroatoms. The van der Waals surface area contributed by atoms with E-state index in [-0.39, 0.29) is 6.04 Å². The summed E-state index contributed by atoms with van der Waals surface area (Å²) in [6.07, 6.45) is 0.919. The lowest BCUT2D eigenvalue weighted by Gasteiger charge is -2.18. The lowest BCUT2D eigenvalue weighted by atomic mass is 10.1. The maximum absolute atomic E-state index is 5.45. The van der Waals surface area contributed by atoms with Gasteiger partial charge in [-0.3, -0.25) is 4.68 Å². The number of aryl methyl sites for hydroxylation is 2. The predicted molar refractivity (Wildman–Crippen MR) is 116 cm³/mol. The Balaban J connectivity index is 1.97. The number of aromatic nitrogens is 2. The Morgan fingerprint density at radius 2 is 1.86 bits per heavy atom. The zero-order valence-electron chi connectivity index (χ0n) is 18.2. The Labute approximate surface area is 169 Å². The van der Waals surface area contributed by atoms with E-state index in [9.17, 15) is 0 Å². The molecule has 1 unspecified atom stereocenters. The first-order chi connectivity index (χ1) is 13.4. The molecule has 1 heterocycles. The Kier molecular flexibility index (Phi) is 8.51. The van der Waals surface area contributed by atoms with E-state index in [2.05, 4.69) is 67.7 Å². The van der Waals surface area contributed by atoms with Crippen LogP contribution in [0.3, 0.4) is 0 Å². The van der Waals surface area contributed by atoms with Crippen molar-refractivity contribution in [2.24, 2.45) is 12.0 Å². The third-order valence-electron chi connectivity index (χ3n) is 4.81. The van der Waals surface area contributed by atoms with Gasteiger partial charge in [-0.2, -0.15) is 5.10 Å². The minimum Gasteiger partial charge on any atom is -0.377 e. The Hall–Kier alpha value is -2.34. The molecule has 1 aromatic heterocycles. The van der Waals surface area contributed by atoms with Gasteiger partial charge in [0.15, 0.2) is 5.96 Å². The van der Waals surface area contributed by atoms with Gasteiger partial charge in [0.2, 0.25) is 0 Å². The highest BCUT2D eigenvalue weighted by Gasteiger charge is 2.14. The maximum atomic E-state index is 5.45. The molecule has 1 aromatic carbocycles. The average molecular weight is 386 g/mol. The predicted octanol–water partition coefficient (Wildman–Crippen LogP) is 3.26. The van der Waals surface area contributed by atoms with Crippen LogP contribution in [0.4, 0.5) is 0 Å². The van der Waals surface area contributed by atoms with E-state index in [1.54, 1.807) is 0 Å². The number of ether oxygens (including phenoxy) is 1. The van der Waals surface area contributed by atoms with Crippen LogP contribution >= 0.6 is 0 Å². The fourth-order valence-electron chi connectivity index (χ4n) is 3.15. The van der Waals surface area contributed by atoms with Crippen LogP contribution in [-0.2, 0) is 31.4 Å². The molecule has 0 amide bonds. The lowest BCUT2D eigenvalue weighted by molar-refractivity contribution is 0.134. The van der Waals surface area contributed by atoms with Gasteiger partial charge in [0, 0.05) is 31.9 Å². The minimum absolute atomic E-state index is 0.257. The number of guanidine groups is 1. The summed E-state index contributed by atoms with van der Waals surface area (Å²) >= 11 is 0. The molecule has 0 aliphatic rings. The summed E-state index contributed by atoms with van der Waals surface area (Å²) in [6.45, 7) is 13.3. The van der Waals surface area contributed by atoms with Gasteiger partial charge in [-0.1, -0.05) is 24.3 Å². The van der Waals surface area contributed by atoms with Crippen LogP contribution in [0.1, 0.15) is 48.8 Å². The molecular formula is C22H35N5O. The first kappa shape index (κ1) is 22.0. The van der Waals surface area contributed by atoms with Crippen LogP contribution in [-0.4, -0.2) is 34.9 Å². The fourth-order valence-corrected chi connectivity index (χ4v) is 3.15. The Morgan fingerprint density at radius 1 is 1.18 bits per heavy atom. The van der Waals surface area contributed by atoms with Crippen molar-refractivity contribution < 1.29 is 4.74 Å². The summed E-state index contributed by atoms with van der Waals surface area (Å²) in [6, 6.07) is 8.71. The third kappa shape index (κ3) is 6.37. The van der Waals surface area contributed by atoms with Crippen molar-refractivity contribution in [2.75, 3.05) is 13.2 Å². The van der Waals surface area contributed by atoms with Crippen LogP contribution in [0.15, 0.2) is 29.3 Å². The summed E-state index contributed by atoms with van der Waals surface area (Å²) in [4.78, 5) is 4.75. The van der Waals surface area contributed by atoms with Crippen molar-refractivity contribution in [3.63, 3.8) is 0 Å². The van der Waals surface area contributed by atoms with Crippen molar-refractivity contribution in [1.82, 2.24) is 20.4 Å². The molecule has 2 N–H and O–H groups in total. The van der Waals surface area contributed by atoms with E-state index in [0.717, 1.165) is 31.2 Å². The summed E-state index contributed by atoms with van der Waals surface area (Å²) in [5.74, 6) is 0.840. The molecule has 0 spiro atoms. The zero-order chi connectivity index (χ0) is 20.5. The molecule has 0 saturated heterocycles. The second-order valence-electron chi connectivity index (χ2n) is 7.17. The molecule has 154 valence electrons. The average Bonchev–Trinajstić information content (AvgIpc) is 2.91. The van der Waals surface area contributed by atoms with Gasteiger partial charge >= 0.3 is 0 Å². The molecule has 0 radical (unpaired) electrons.